The van der Waals surface area contributed by atoms with Crippen molar-refractivity contribution in [3.63, 3.8) is 0 Å². The number of hydrogen-bond acceptors (Lipinski definition) is 3. The summed E-state index contributed by atoms with van der Waals surface area (Å²) in [5, 5.41) is 1.95. The minimum absolute atomic E-state index is 0.588. The summed E-state index contributed by atoms with van der Waals surface area (Å²) < 4.78 is 6.28. The lowest BCUT2D eigenvalue weighted by Crippen LogP contribution is -1.94. The summed E-state index contributed by atoms with van der Waals surface area (Å²) in [7, 11) is 0. The van der Waals surface area contributed by atoms with Gasteiger partial charge in [-0.1, -0.05) is 170 Å². The molecule has 3 nitrogen and oxygen atoms in total. The van der Waals surface area contributed by atoms with Gasteiger partial charge in [0.15, 0.2) is 5.82 Å². The van der Waals surface area contributed by atoms with Gasteiger partial charge in [-0.05, 0) is 92.0 Å². The molecule has 3 heteroatoms. The molecule has 0 N–H and O–H groups in total. The molecule has 0 radical (unpaired) electrons. The molecule has 0 amide bonds. The van der Waals surface area contributed by atoms with Gasteiger partial charge >= 0.3 is 0 Å². The zero-order valence-corrected chi connectivity index (χ0v) is 29.9. The van der Waals surface area contributed by atoms with Gasteiger partial charge in [0, 0.05) is 16.5 Å². The smallest absolute Gasteiger partial charge is 0.231 e. The van der Waals surface area contributed by atoms with Crippen LogP contribution in [0.5, 0.6) is 0 Å². The molecule has 0 saturated carbocycles. The lowest BCUT2D eigenvalue weighted by molar-refractivity contribution is 0.653. The van der Waals surface area contributed by atoms with Crippen LogP contribution in [0.25, 0.3) is 100 Å². The van der Waals surface area contributed by atoms with Gasteiger partial charge in [0.1, 0.15) is 5.58 Å². The molecule has 2 heterocycles. The molecular formula is C52H34N2O. The van der Waals surface area contributed by atoms with Crippen LogP contribution in [0.3, 0.4) is 0 Å². The van der Waals surface area contributed by atoms with E-state index in [4.69, 9.17) is 14.4 Å². The van der Waals surface area contributed by atoms with Crippen LogP contribution in [-0.2, 0) is 0 Å². The highest BCUT2D eigenvalue weighted by Crippen LogP contribution is 2.38. The van der Waals surface area contributed by atoms with Crippen LogP contribution in [0.1, 0.15) is 0 Å². The van der Waals surface area contributed by atoms with E-state index in [1.54, 1.807) is 0 Å². The van der Waals surface area contributed by atoms with E-state index in [1.807, 2.05) is 36.4 Å². The van der Waals surface area contributed by atoms with Gasteiger partial charge in [-0.15, -0.1) is 0 Å². The Labute approximate surface area is 319 Å². The first-order chi connectivity index (χ1) is 27.2. The lowest BCUT2D eigenvalue weighted by atomic mass is 9.92. The second kappa shape index (κ2) is 13.9. The molecular weight excluding hydrogens is 669 g/mol. The van der Waals surface area contributed by atoms with Crippen LogP contribution in [-0.4, -0.2) is 9.97 Å². The van der Waals surface area contributed by atoms with Crippen molar-refractivity contribution in [2.75, 3.05) is 0 Å². The Morgan fingerprint density at radius 3 is 1.27 bits per heavy atom. The molecule has 8 aromatic carbocycles. The van der Waals surface area contributed by atoms with Gasteiger partial charge in [-0.3, -0.25) is 0 Å². The van der Waals surface area contributed by atoms with Crippen LogP contribution < -0.4 is 0 Å². The summed E-state index contributed by atoms with van der Waals surface area (Å²) in [5.74, 6) is 0.632. The lowest BCUT2D eigenvalue weighted by Gasteiger charge is -2.13. The second-order valence-corrected chi connectivity index (χ2v) is 13.8. The molecule has 55 heavy (non-hydrogen) atoms. The number of hydrogen-bond donors (Lipinski definition) is 0. The van der Waals surface area contributed by atoms with Crippen molar-refractivity contribution in [3.05, 3.63) is 206 Å². The molecule has 0 fully saturated rings. The normalized spacial score (nSPS) is 11.3. The molecule has 10 aromatic rings. The number of fused-ring (bicyclic) bond motifs is 3. The number of para-hydroxylation sites is 1. The van der Waals surface area contributed by atoms with Crippen molar-refractivity contribution in [1.29, 1.82) is 0 Å². The van der Waals surface area contributed by atoms with E-state index >= 15 is 0 Å². The fourth-order valence-corrected chi connectivity index (χ4v) is 7.52. The fourth-order valence-electron chi connectivity index (χ4n) is 7.52. The van der Waals surface area contributed by atoms with Gasteiger partial charge in [0.2, 0.25) is 5.71 Å². The maximum atomic E-state index is 6.28. The molecule has 0 saturated heterocycles. The van der Waals surface area contributed by atoms with Gasteiger partial charge in [-0.2, -0.15) is 4.98 Å². The molecule has 0 aliphatic heterocycles. The zero-order valence-electron chi connectivity index (χ0n) is 29.9. The van der Waals surface area contributed by atoms with Crippen LogP contribution in [0, 0.1) is 0 Å². The molecule has 258 valence electrons. The van der Waals surface area contributed by atoms with Crippen molar-refractivity contribution < 1.29 is 4.42 Å². The summed E-state index contributed by atoms with van der Waals surface area (Å²) in [5.41, 5.74) is 16.0. The predicted octanol–water partition coefficient (Wildman–Crippen LogP) is 14.0. The first-order valence-electron chi connectivity index (χ1n) is 18.6. The maximum absolute atomic E-state index is 6.28. The average molecular weight is 703 g/mol. The summed E-state index contributed by atoms with van der Waals surface area (Å²) in [6.07, 6.45) is 0. The zero-order chi connectivity index (χ0) is 36.6. The largest absolute Gasteiger partial charge is 0.438 e. The highest BCUT2D eigenvalue weighted by Gasteiger charge is 2.18. The Bertz CT molecular complexity index is 2890. The molecule has 2 aromatic heterocycles. The third-order valence-electron chi connectivity index (χ3n) is 10.3. The second-order valence-electron chi connectivity index (χ2n) is 13.8. The van der Waals surface area contributed by atoms with E-state index in [9.17, 15) is 0 Å². The van der Waals surface area contributed by atoms with E-state index in [1.165, 1.54) is 38.9 Å². The average Bonchev–Trinajstić information content (AvgIpc) is 3.66. The topological polar surface area (TPSA) is 38.9 Å². The summed E-state index contributed by atoms with van der Waals surface area (Å²) in [4.78, 5) is 10.1. The van der Waals surface area contributed by atoms with Gasteiger partial charge in [-0.25, -0.2) is 4.98 Å². The quantitative estimate of drug-likeness (QED) is 0.166. The Hall–Kier alpha value is -7.36. The van der Waals surface area contributed by atoms with Crippen molar-refractivity contribution in [2.24, 2.45) is 0 Å². The molecule has 10 rings (SSSR count). The third-order valence-corrected chi connectivity index (χ3v) is 10.3. The highest BCUT2D eigenvalue weighted by molar-refractivity contribution is 6.10. The number of rotatable bonds is 7. The highest BCUT2D eigenvalue weighted by atomic mass is 16.3. The van der Waals surface area contributed by atoms with Gasteiger partial charge in [0.05, 0.1) is 11.1 Å². The van der Waals surface area contributed by atoms with Crippen molar-refractivity contribution in [3.8, 4) is 78.3 Å². The molecule has 0 aliphatic rings. The Balaban J connectivity index is 0.987. The molecule has 0 unspecified atom stereocenters. The van der Waals surface area contributed by atoms with Crippen molar-refractivity contribution >= 4 is 22.1 Å². The van der Waals surface area contributed by atoms with Gasteiger partial charge < -0.3 is 4.42 Å². The number of furan rings is 1. The first-order valence-corrected chi connectivity index (χ1v) is 18.6. The van der Waals surface area contributed by atoms with E-state index in [0.717, 1.165) is 49.9 Å². The molecule has 0 spiro atoms. The van der Waals surface area contributed by atoms with E-state index in [-0.39, 0.29) is 0 Å². The summed E-state index contributed by atoms with van der Waals surface area (Å²) >= 11 is 0. The van der Waals surface area contributed by atoms with Crippen LogP contribution in [0.2, 0.25) is 0 Å². The van der Waals surface area contributed by atoms with Crippen LogP contribution in [0.4, 0.5) is 0 Å². The van der Waals surface area contributed by atoms with E-state index in [0.29, 0.717) is 11.5 Å². The standard InChI is InChI=1S/C52H34N2O/c1-4-14-35(15-5-1)44-32-45(36-16-6-2-7-17-36)34-46(33-44)42-22-12-20-40(30-42)37-26-28-38(29-27-37)41-21-13-23-43(31-41)51-53-50(39-18-8-3-9-19-39)49-47-24-10-11-25-48(47)55-52(49)54-51/h1-34H. The SMILES string of the molecule is c1ccc(-c2cc(-c3ccccc3)cc(-c3cccc(-c4ccc(-c5cccc(-c6nc(-c7ccccc7)c7c(n6)oc6ccccc67)c5)cc4)c3)c2)cc1. The molecule has 0 bridgehead atoms. The van der Waals surface area contributed by atoms with Crippen molar-refractivity contribution in [2.45, 2.75) is 0 Å². The van der Waals surface area contributed by atoms with E-state index < -0.39 is 0 Å². The number of nitrogens with zero attached hydrogens (tertiary/aromatic N) is 2. The molecule has 0 aliphatic carbocycles. The maximum Gasteiger partial charge on any atom is 0.231 e. The van der Waals surface area contributed by atoms with E-state index in [2.05, 4.69) is 170 Å². The monoisotopic (exact) mass is 702 g/mol. The van der Waals surface area contributed by atoms with Gasteiger partial charge in [0.25, 0.3) is 0 Å². The van der Waals surface area contributed by atoms with Crippen LogP contribution in [0.15, 0.2) is 211 Å². The first kappa shape index (κ1) is 32.3. The minimum atomic E-state index is 0.588. The Kier molecular flexibility index (Phi) is 8.16. The number of aromatic nitrogens is 2. The summed E-state index contributed by atoms with van der Waals surface area (Å²) in [6, 6.07) is 72.6. The van der Waals surface area contributed by atoms with Crippen molar-refractivity contribution in [1.82, 2.24) is 9.97 Å². The predicted molar refractivity (Wildman–Crippen MR) is 227 cm³/mol. The Morgan fingerprint density at radius 1 is 0.291 bits per heavy atom. The molecule has 0 atom stereocenters. The van der Waals surface area contributed by atoms with Crippen LogP contribution >= 0.6 is 0 Å². The Morgan fingerprint density at radius 2 is 0.691 bits per heavy atom. The summed E-state index contributed by atoms with van der Waals surface area (Å²) in [6.45, 7) is 0. The number of benzene rings is 8. The fraction of sp³-hybridized carbons (Fsp3) is 0. The minimum Gasteiger partial charge on any atom is -0.438 e. The third kappa shape index (κ3) is 6.28.